The first-order valence-corrected chi connectivity index (χ1v) is 6.01. The summed E-state index contributed by atoms with van der Waals surface area (Å²) in [4.78, 5) is 0. The molecule has 0 aromatic heterocycles. The van der Waals surface area contributed by atoms with Crippen LogP contribution in [0.5, 0.6) is 0 Å². The minimum atomic E-state index is -0.770. The van der Waals surface area contributed by atoms with Gasteiger partial charge in [-0.3, -0.25) is 0 Å². The van der Waals surface area contributed by atoms with Gasteiger partial charge >= 0.3 is 0 Å². The molecule has 1 aromatic carbocycles. The summed E-state index contributed by atoms with van der Waals surface area (Å²) in [6.07, 6.45) is 4.20. The summed E-state index contributed by atoms with van der Waals surface area (Å²) in [5.74, 6) is 6.44. The molecule has 0 amide bonds. The Morgan fingerprint density at radius 3 is 2.69 bits per heavy atom. The standard InChI is InChI=1S/C15H18O/c1-13-7-5-6-11-15(13,16)12-10-14-8-3-2-4-9-14/h2-4,8-9,13,16H,5-7,11H2,1H3. The Morgan fingerprint density at radius 1 is 1.25 bits per heavy atom. The van der Waals surface area contributed by atoms with E-state index in [-0.39, 0.29) is 5.92 Å². The van der Waals surface area contributed by atoms with Crippen LogP contribution in [0.25, 0.3) is 0 Å². The highest BCUT2D eigenvalue weighted by atomic mass is 16.3. The second-order valence-electron chi connectivity index (χ2n) is 4.69. The Bertz CT molecular complexity index is 398. The first-order valence-electron chi connectivity index (χ1n) is 6.01. The van der Waals surface area contributed by atoms with Crippen molar-refractivity contribution in [1.82, 2.24) is 0 Å². The SMILES string of the molecule is CC1CCCCC1(O)C#Cc1ccccc1. The van der Waals surface area contributed by atoms with E-state index in [2.05, 4.69) is 18.8 Å². The van der Waals surface area contributed by atoms with Crippen molar-refractivity contribution >= 4 is 0 Å². The summed E-state index contributed by atoms with van der Waals surface area (Å²) in [7, 11) is 0. The summed E-state index contributed by atoms with van der Waals surface area (Å²) in [5, 5.41) is 10.4. The predicted octanol–water partition coefficient (Wildman–Crippen LogP) is 2.98. The number of benzene rings is 1. The molecule has 1 nitrogen and oxygen atoms in total. The van der Waals surface area contributed by atoms with E-state index in [1.54, 1.807) is 0 Å². The zero-order valence-corrected chi connectivity index (χ0v) is 9.74. The zero-order valence-electron chi connectivity index (χ0n) is 9.74. The van der Waals surface area contributed by atoms with Crippen molar-refractivity contribution in [3.63, 3.8) is 0 Å². The van der Waals surface area contributed by atoms with Crippen molar-refractivity contribution in [2.45, 2.75) is 38.2 Å². The van der Waals surface area contributed by atoms with Crippen molar-refractivity contribution in [1.29, 1.82) is 0 Å². The van der Waals surface area contributed by atoms with E-state index in [0.29, 0.717) is 0 Å². The van der Waals surface area contributed by atoms with Crippen molar-refractivity contribution in [3.8, 4) is 11.8 Å². The number of rotatable bonds is 0. The molecule has 1 saturated carbocycles. The van der Waals surface area contributed by atoms with Gasteiger partial charge in [-0.25, -0.2) is 0 Å². The van der Waals surface area contributed by atoms with Gasteiger partial charge in [-0.05, 0) is 37.3 Å². The number of hydrogen-bond donors (Lipinski definition) is 1. The van der Waals surface area contributed by atoms with Crippen LogP contribution in [0.15, 0.2) is 30.3 Å². The van der Waals surface area contributed by atoms with Crippen LogP contribution < -0.4 is 0 Å². The van der Waals surface area contributed by atoms with Crippen LogP contribution in [0.3, 0.4) is 0 Å². The fourth-order valence-corrected chi connectivity index (χ4v) is 2.22. The molecule has 1 heteroatoms. The minimum absolute atomic E-state index is 0.289. The number of hydrogen-bond acceptors (Lipinski definition) is 1. The smallest absolute Gasteiger partial charge is 0.128 e. The normalized spacial score (nSPS) is 29.2. The highest BCUT2D eigenvalue weighted by molar-refractivity contribution is 5.36. The summed E-state index contributed by atoms with van der Waals surface area (Å²) >= 11 is 0. The summed E-state index contributed by atoms with van der Waals surface area (Å²) in [5.41, 5.74) is 0.211. The summed E-state index contributed by atoms with van der Waals surface area (Å²) in [6.45, 7) is 2.10. The van der Waals surface area contributed by atoms with Crippen LogP contribution in [0.1, 0.15) is 38.2 Å². The first-order chi connectivity index (χ1) is 7.71. The van der Waals surface area contributed by atoms with Gasteiger partial charge in [-0.1, -0.05) is 43.4 Å². The van der Waals surface area contributed by atoms with Crippen LogP contribution in [0.2, 0.25) is 0 Å². The molecule has 2 rings (SSSR count). The Kier molecular flexibility index (Phi) is 3.31. The maximum Gasteiger partial charge on any atom is 0.128 e. The van der Waals surface area contributed by atoms with E-state index in [9.17, 15) is 5.11 Å². The lowest BCUT2D eigenvalue weighted by Crippen LogP contribution is -2.37. The van der Waals surface area contributed by atoms with Crippen LogP contribution in [-0.2, 0) is 0 Å². The van der Waals surface area contributed by atoms with Crippen LogP contribution in [-0.4, -0.2) is 10.7 Å². The van der Waals surface area contributed by atoms with Gasteiger partial charge in [0.1, 0.15) is 5.60 Å². The van der Waals surface area contributed by atoms with E-state index in [4.69, 9.17) is 0 Å². The Balaban J connectivity index is 2.17. The van der Waals surface area contributed by atoms with E-state index >= 15 is 0 Å². The fourth-order valence-electron chi connectivity index (χ4n) is 2.22. The summed E-state index contributed by atoms with van der Waals surface area (Å²) in [6, 6.07) is 9.87. The molecule has 2 atom stereocenters. The molecule has 0 spiro atoms. The molecular formula is C15H18O. The largest absolute Gasteiger partial charge is 0.377 e. The third-order valence-corrected chi connectivity index (χ3v) is 3.46. The topological polar surface area (TPSA) is 20.2 Å². The van der Waals surface area contributed by atoms with Crippen LogP contribution in [0, 0.1) is 17.8 Å². The molecule has 0 aliphatic heterocycles. The maximum atomic E-state index is 10.4. The molecule has 0 heterocycles. The molecular weight excluding hydrogens is 196 g/mol. The lowest BCUT2D eigenvalue weighted by atomic mass is 9.77. The third-order valence-electron chi connectivity index (χ3n) is 3.46. The Morgan fingerprint density at radius 2 is 2.00 bits per heavy atom. The van der Waals surface area contributed by atoms with Crippen LogP contribution in [0.4, 0.5) is 0 Å². The molecule has 1 aliphatic rings. The van der Waals surface area contributed by atoms with E-state index in [1.165, 1.54) is 6.42 Å². The van der Waals surface area contributed by atoms with Gasteiger partial charge in [0.2, 0.25) is 0 Å². The second kappa shape index (κ2) is 4.72. The van der Waals surface area contributed by atoms with Gasteiger partial charge < -0.3 is 5.11 Å². The minimum Gasteiger partial charge on any atom is -0.377 e. The van der Waals surface area contributed by atoms with Gasteiger partial charge in [0.25, 0.3) is 0 Å². The van der Waals surface area contributed by atoms with Gasteiger partial charge in [-0.15, -0.1) is 0 Å². The third kappa shape index (κ3) is 2.46. The number of aliphatic hydroxyl groups is 1. The van der Waals surface area contributed by atoms with Gasteiger partial charge in [0, 0.05) is 5.56 Å². The predicted molar refractivity (Wildman–Crippen MR) is 65.9 cm³/mol. The Hall–Kier alpha value is -1.26. The monoisotopic (exact) mass is 214 g/mol. The van der Waals surface area contributed by atoms with Crippen molar-refractivity contribution in [2.24, 2.45) is 5.92 Å². The quantitative estimate of drug-likeness (QED) is 0.658. The molecule has 1 aromatic rings. The molecule has 16 heavy (non-hydrogen) atoms. The average molecular weight is 214 g/mol. The first kappa shape index (κ1) is 11.2. The molecule has 0 bridgehead atoms. The van der Waals surface area contributed by atoms with Gasteiger partial charge in [0.15, 0.2) is 0 Å². The van der Waals surface area contributed by atoms with Crippen molar-refractivity contribution in [2.75, 3.05) is 0 Å². The summed E-state index contributed by atoms with van der Waals surface area (Å²) < 4.78 is 0. The molecule has 2 unspecified atom stereocenters. The lowest BCUT2D eigenvalue weighted by Gasteiger charge is -2.33. The van der Waals surface area contributed by atoms with Gasteiger partial charge in [-0.2, -0.15) is 0 Å². The van der Waals surface area contributed by atoms with E-state index < -0.39 is 5.60 Å². The van der Waals surface area contributed by atoms with Crippen molar-refractivity contribution in [3.05, 3.63) is 35.9 Å². The molecule has 0 radical (unpaired) electrons. The molecule has 1 aliphatic carbocycles. The second-order valence-corrected chi connectivity index (χ2v) is 4.69. The van der Waals surface area contributed by atoms with Crippen molar-refractivity contribution < 1.29 is 5.11 Å². The molecule has 1 fully saturated rings. The zero-order chi connectivity index (χ0) is 11.4. The highest BCUT2D eigenvalue weighted by Crippen LogP contribution is 2.32. The maximum absolute atomic E-state index is 10.4. The molecule has 1 N–H and O–H groups in total. The molecule has 0 saturated heterocycles. The van der Waals surface area contributed by atoms with Gasteiger partial charge in [0.05, 0.1) is 0 Å². The van der Waals surface area contributed by atoms with E-state index in [1.807, 2.05) is 30.3 Å². The average Bonchev–Trinajstić information content (AvgIpc) is 2.32. The van der Waals surface area contributed by atoms with Crippen LogP contribution >= 0.6 is 0 Å². The van der Waals surface area contributed by atoms with E-state index in [0.717, 1.165) is 24.8 Å². The molecule has 84 valence electrons. The Labute approximate surface area is 97.5 Å². The highest BCUT2D eigenvalue weighted by Gasteiger charge is 2.33. The fraction of sp³-hybridized carbons (Fsp3) is 0.467. The lowest BCUT2D eigenvalue weighted by molar-refractivity contribution is 0.0126.